The molecule has 3 unspecified atom stereocenters. The predicted molar refractivity (Wildman–Crippen MR) is 53.9 cm³/mol. The Bertz CT molecular complexity index is 311. The van der Waals surface area contributed by atoms with Crippen LogP contribution >= 0.6 is 15.9 Å². The Morgan fingerprint density at radius 3 is 3.08 bits per heavy atom. The van der Waals surface area contributed by atoms with Crippen LogP contribution in [0.3, 0.4) is 0 Å². The summed E-state index contributed by atoms with van der Waals surface area (Å²) in [6.45, 7) is 0. The molecular weight excluding hydrogens is 212 g/mol. The van der Waals surface area contributed by atoms with Crippen molar-refractivity contribution in [3.63, 3.8) is 0 Å². The summed E-state index contributed by atoms with van der Waals surface area (Å²) in [7, 11) is 0. The van der Waals surface area contributed by atoms with Crippen molar-refractivity contribution < 1.29 is 0 Å². The van der Waals surface area contributed by atoms with E-state index in [4.69, 9.17) is 0 Å². The molecule has 0 radical (unpaired) electrons. The van der Waals surface area contributed by atoms with Crippen LogP contribution in [0.25, 0.3) is 0 Å². The van der Waals surface area contributed by atoms with E-state index >= 15 is 0 Å². The lowest BCUT2D eigenvalue weighted by molar-refractivity contribution is 0.414. The van der Waals surface area contributed by atoms with E-state index in [0.29, 0.717) is 5.41 Å². The van der Waals surface area contributed by atoms with Crippen LogP contribution in [-0.4, -0.2) is 0 Å². The Kier molecular flexibility index (Phi) is 1.27. The van der Waals surface area contributed by atoms with Crippen LogP contribution in [0.1, 0.15) is 12.8 Å². The molecule has 3 atom stereocenters. The minimum Gasteiger partial charge on any atom is -0.0844 e. The highest BCUT2D eigenvalue weighted by atomic mass is 79.9. The fourth-order valence-corrected chi connectivity index (χ4v) is 3.63. The van der Waals surface area contributed by atoms with Crippen molar-refractivity contribution in [2.45, 2.75) is 12.8 Å². The van der Waals surface area contributed by atoms with Crippen LogP contribution < -0.4 is 0 Å². The number of halogens is 1. The third-order valence-electron chi connectivity index (χ3n) is 3.51. The fraction of sp³-hybridized carbons (Fsp3) is 0.455. The molecule has 0 amide bonds. The highest BCUT2D eigenvalue weighted by Gasteiger charge is 2.49. The molecule has 2 bridgehead atoms. The quantitative estimate of drug-likeness (QED) is 0.552. The summed E-state index contributed by atoms with van der Waals surface area (Å²) in [5.41, 5.74) is 0.374. The van der Waals surface area contributed by atoms with Crippen LogP contribution in [0.15, 0.2) is 34.9 Å². The standard InChI is InChI=1S/C11H11Br/c12-10-3-1-2-9-6-8-4-5-11(9,10)7-8/h1-5,8-9H,6-7H2. The van der Waals surface area contributed by atoms with Gasteiger partial charge in [-0.1, -0.05) is 46.3 Å². The molecule has 3 aliphatic rings. The first-order valence-electron chi connectivity index (χ1n) is 4.55. The van der Waals surface area contributed by atoms with Gasteiger partial charge >= 0.3 is 0 Å². The van der Waals surface area contributed by atoms with Crippen molar-refractivity contribution in [1.29, 1.82) is 0 Å². The van der Waals surface area contributed by atoms with E-state index in [0.717, 1.165) is 11.8 Å². The Hall–Kier alpha value is -0.300. The number of hydrogen-bond donors (Lipinski definition) is 0. The van der Waals surface area contributed by atoms with Gasteiger partial charge in [0.2, 0.25) is 0 Å². The molecule has 1 fully saturated rings. The molecule has 12 heavy (non-hydrogen) atoms. The summed E-state index contributed by atoms with van der Waals surface area (Å²) >= 11 is 3.70. The van der Waals surface area contributed by atoms with E-state index in [2.05, 4.69) is 46.3 Å². The van der Waals surface area contributed by atoms with Gasteiger partial charge in [0.1, 0.15) is 0 Å². The van der Waals surface area contributed by atoms with Crippen molar-refractivity contribution in [2.24, 2.45) is 17.3 Å². The van der Waals surface area contributed by atoms with Gasteiger partial charge in [0.15, 0.2) is 0 Å². The van der Waals surface area contributed by atoms with Gasteiger partial charge in [0.05, 0.1) is 0 Å². The lowest BCUT2D eigenvalue weighted by atomic mass is 9.75. The van der Waals surface area contributed by atoms with E-state index in [1.165, 1.54) is 17.3 Å². The third-order valence-corrected chi connectivity index (χ3v) is 4.52. The summed E-state index contributed by atoms with van der Waals surface area (Å²) in [6.07, 6.45) is 14.3. The van der Waals surface area contributed by atoms with Gasteiger partial charge in [-0.25, -0.2) is 0 Å². The average molecular weight is 223 g/mol. The molecule has 0 aliphatic heterocycles. The number of fused-ring (bicyclic) bond motifs is 1. The maximum absolute atomic E-state index is 3.70. The first-order valence-corrected chi connectivity index (χ1v) is 5.34. The van der Waals surface area contributed by atoms with Gasteiger partial charge in [0, 0.05) is 9.90 Å². The predicted octanol–water partition coefficient (Wildman–Crippen LogP) is 3.42. The second kappa shape index (κ2) is 2.14. The van der Waals surface area contributed by atoms with Gasteiger partial charge in [-0.3, -0.25) is 0 Å². The molecule has 0 N–H and O–H groups in total. The van der Waals surface area contributed by atoms with E-state index in [9.17, 15) is 0 Å². The van der Waals surface area contributed by atoms with Gasteiger partial charge in [0.25, 0.3) is 0 Å². The van der Waals surface area contributed by atoms with Crippen LogP contribution in [0.4, 0.5) is 0 Å². The van der Waals surface area contributed by atoms with Crippen molar-refractivity contribution in [2.75, 3.05) is 0 Å². The summed E-state index contributed by atoms with van der Waals surface area (Å²) in [5.74, 6) is 1.62. The molecule has 0 aromatic carbocycles. The monoisotopic (exact) mass is 222 g/mol. The largest absolute Gasteiger partial charge is 0.0844 e. The molecule has 0 aromatic heterocycles. The Morgan fingerprint density at radius 1 is 1.42 bits per heavy atom. The lowest BCUT2D eigenvalue weighted by Gasteiger charge is -2.32. The van der Waals surface area contributed by atoms with Gasteiger partial charge in [-0.05, 0) is 24.7 Å². The van der Waals surface area contributed by atoms with Gasteiger partial charge in [-0.2, -0.15) is 0 Å². The molecular formula is C11H11Br. The van der Waals surface area contributed by atoms with Crippen molar-refractivity contribution >= 4 is 15.9 Å². The van der Waals surface area contributed by atoms with E-state index < -0.39 is 0 Å². The molecule has 0 aromatic rings. The Balaban J connectivity index is 2.16. The van der Waals surface area contributed by atoms with E-state index in [1.54, 1.807) is 0 Å². The van der Waals surface area contributed by atoms with Crippen LogP contribution in [0.5, 0.6) is 0 Å². The SMILES string of the molecule is BrC1=CC=CC2CC3C=CC12C3. The van der Waals surface area contributed by atoms with Crippen LogP contribution in [-0.2, 0) is 0 Å². The molecule has 3 rings (SSSR count). The third kappa shape index (κ3) is 0.687. The Labute approximate surface area is 81.2 Å². The van der Waals surface area contributed by atoms with Crippen LogP contribution in [0.2, 0.25) is 0 Å². The zero-order valence-corrected chi connectivity index (χ0v) is 8.42. The van der Waals surface area contributed by atoms with E-state index in [-0.39, 0.29) is 0 Å². The minimum atomic E-state index is 0.374. The molecule has 3 aliphatic carbocycles. The fourth-order valence-electron chi connectivity index (χ4n) is 2.88. The maximum Gasteiger partial charge on any atom is 0.0267 e. The highest BCUT2D eigenvalue weighted by molar-refractivity contribution is 9.11. The zero-order valence-electron chi connectivity index (χ0n) is 6.83. The molecule has 0 nitrogen and oxygen atoms in total. The lowest BCUT2D eigenvalue weighted by Crippen LogP contribution is -2.23. The number of allylic oxidation sites excluding steroid dienone is 6. The molecule has 0 heterocycles. The first-order chi connectivity index (χ1) is 5.81. The van der Waals surface area contributed by atoms with E-state index in [1.807, 2.05) is 0 Å². The molecule has 1 saturated carbocycles. The number of hydrogen-bond acceptors (Lipinski definition) is 0. The summed E-state index contributed by atoms with van der Waals surface area (Å²) in [6, 6.07) is 0. The topological polar surface area (TPSA) is 0 Å². The maximum atomic E-state index is 3.70. The summed E-state index contributed by atoms with van der Waals surface area (Å²) in [4.78, 5) is 0. The first kappa shape index (κ1) is 7.14. The van der Waals surface area contributed by atoms with Gasteiger partial charge < -0.3 is 0 Å². The smallest absolute Gasteiger partial charge is 0.0267 e. The van der Waals surface area contributed by atoms with Crippen molar-refractivity contribution in [3.05, 3.63) is 34.9 Å². The van der Waals surface area contributed by atoms with Crippen LogP contribution in [0, 0.1) is 17.3 Å². The summed E-state index contributed by atoms with van der Waals surface area (Å²) in [5, 5.41) is 0. The normalized spacial score (nSPS) is 47.9. The van der Waals surface area contributed by atoms with Gasteiger partial charge in [-0.15, -0.1) is 0 Å². The minimum absolute atomic E-state index is 0.374. The Morgan fingerprint density at radius 2 is 2.33 bits per heavy atom. The molecule has 1 spiro atoms. The molecule has 0 saturated heterocycles. The average Bonchev–Trinajstić information content (AvgIpc) is 2.61. The van der Waals surface area contributed by atoms with Crippen molar-refractivity contribution in [1.82, 2.24) is 0 Å². The molecule has 62 valence electrons. The second-order valence-corrected chi connectivity index (χ2v) is 4.96. The summed E-state index contributed by atoms with van der Waals surface area (Å²) < 4.78 is 1.39. The number of rotatable bonds is 0. The molecule has 1 heteroatoms. The second-order valence-electron chi connectivity index (χ2n) is 4.11. The van der Waals surface area contributed by atoms with Crippen molar-refractivity contribution in [3.8, 4) is 0 Å². The highest BCUT2D eigenvalue weighted by Crippen LogP contribution is 2.60. The zero-order chi connectivity index (χ0) is 8.18.